The van der Waals surface area contributed by atoms with Crippen LogP contribution in [0.25, 0.3) is 0 Å². The van der Waals surface area contributed by atoms with Crippen LogP contribution in [0.15, 0.2) is 60.4 Å². The number of rotatable bonds is 5. The predicted molar refractivity (Wildman–Crippen MR) is 135 cm³/mol. The number of hydrogen-bond donors (Lipinski definition) is 2. The van der Waals surface area contributed by atoms with E-state index in [1.165, 1.54) is 30.3 Å². The summed E-state index contributed by atoms with van der Waals surface area (Å²) in [6.45, 7) is 0. The van der Waals surface area contributed by atoms with Gasteiger partial charge in [0.1, 0.15) is 11.5 Å². The predicted octanol–water partition coefficient (Wildman–Crippen LogP) is 6.73. The van der Waals surface area contributed by atoms with Crippen molar-refractivity contribution >= 4 is 93.2 Å². The highest BCUT2D eigenvalue weighted by molar-refractivity contribution is 9.15. The van der Waals surface area contributed by atoms with Crippen LogP contribution in [0.4, 0.5) is 5.69 Å². The number of carbonyl (C=O) groups excluding carboxylic acids is 2. The Morgan fingerprint density at radius 2 is 1.15 bits per heavy atom. The van der Waals surface area contributed by atoms with Crippen LogP contribution < -0.4 is 9.64 Å². The molecule has 1 heterocycles. The summed E-state index contributed by atoms with van der Waals surface area (Å²) < 4.78 is 7.68. The SMILES string of the molecule is O=C(O)c1ccc(Oc2ccc(N3C(=O)c4c(Br)c(Br)c(Br)c(Br)c4C3=O)cc2)cc1C(=O)O. The first-order valence-corrected chi connectivity index (χ1v) is 12.3. The number of nitrogens with zero attached hydrogens (tertiary/aromatic N) is 1. The Morgan fingerprint density at radius 1 is 0.676 bits per heavy atom. The largest absolute Gasteiger partial charge is 0.478 e. The molecule has 0 bridgehead atoms. The number of aromatic carboxylic acids is 2. The summed E-state index contributed by atoms with van der Waals surface area (Å²) in [5.41, 5.74) is -0.0476. The molecule has 34 heavy (non-hydrogen) atoms. The zero-order valence-corrected chi connectivity index (χ0v) is 22.8. The van der Waals surface area contributed by atoms with E-state index in [0.29, 0.717) is 23.6 Å². The van der Waals surface area contributed by atoms with Crippen LogP contribution in [0.2, 0.25) is 0 Å². The van der Waals surface area contributed by atoms with Crippen molar-refractivity contribution in [3.8, 4) is 11.5 Å². The summed E-state index contributed by atoms with van der Waals surface area (Å²) in [5, 5.41) is 18.4. The van der Waals surface area contributed by atoms with Crippen LogP contribution in [-0.2, 0) is 0 Å². The second kappa shape index (κ2) is 9.25. The number of amides is 2. The first kappa shape index (κ1) is 24.6. The molecule has 0 spiro atoms. The number of anilines is 1. The normalized spacial score (nSPS) is 12.6. The monoisotopic (exact) mass is 715 g/mol. The molecular weight excluding hydrogens is 710 g/mol. The highest BCUT2D eigenvalue weighted by Gasteiger charge is 2.41. The summed E-state index contributed by atoms with van der Waals surface area (Å²) in [4.78, 5) is 49.8. The summed E-state index contributed by atoms with van der Waals surface area (Å²) in [7, 11) is 0. The number of carboxylic acid groups (broad SMARTS) is 2. The fourth-order valence-corrected chi connectivity index (χ4v) is 5.79. The van der Waals surface area contributed by atoms with Gasteiger partial charge in [0.05, 0.1) is 27.9 Å². The second-order valence-corrected chi connectivity index (χ2v) is 10.0. The molecule has 4 rings (SSSR count). The van der Waals surface area contributed by atoms with Gasteiger partial charge in [-0.3, -0.25) is 9.59 Å². The van der Waals surface area contributed by atoms with E-state index in [1.54, 1.807) is 0 Å². The van der Waals surface area contributed by atoms with Crippen LogP contribution in [0, 0.1) is 0 Å². The van der Waals surface area contributed by atoms with Gasteiger partial charge in [0, 0.05) is 17.9 Å². The molecule has 1 aliphatic heterocycles. The standard InChI is InChI=1S/C22H9Br4NO7/c23-15-13-14(16(24)18(26)17(15)25)20(29)27(19(13)28)8-1-3-9(4-2-8)34-10-5-6-11(21(30)31)12(7-10)22(32)33/h1-7H,(H,30,31)(H,32,33). The minimum atomic E-state index is -1.40. The summed E-state index contributed by atoms with van der Waals surface area (Å²) in [6.07, 6.45) is 0. The highest BCUT2D eigenvalue weighted by atomic mass is 79.9. The fraction of sp³-hybridized carbons (Fsp3) is 0. The first-order valence-electron chi connectivity index (χ1n) is 9.16. The molecule has 2 amide bonds. The zero-order chi connectivity index (χ0) is 24.9. The highest BCUT2D eigenvalue weighted by Crippen LogP contribution is 2.46. The Kier molecular flexibility index (Phi) is 6.69. The lowest BCUT2D eigenvalue weighted by atomic mass is 10.1. The van der Waals surface area contributed by atoms with Gasteiger partial charge < -0.3 is 14.9 Å². The maximum absolute atomic E-state index is 13.1. The van der Waals surface area contributed by atoms with Crippen molar-refractivity contribution < 1.29 is 34.1 Å². The molecule has 2 N–H and O–H groups in total. The van der Waals surface area contributed by atoms with E-state index in [9.17, 15) is 24.3 Å². The van der Waals surface area contributed by atoms with Gasteiger partial charge in [0.25, 0.3) is 11.8 Å². The zero-order valence-electron chi connectivity index (χ0n) is 16.4. The van der Waals surface area contributed by atoms with Crippen LogP contribution in [0.1, 0.15) is 41.4 Å². The molecule has 0 saturated heterocycles. The van der Waals surface area contributed by atoms with E-state index in [-0.39, 0.29) is 28.2 Å². The van der Waals surface area contributed by atoms with E-state index >= 15 is 0 Å². The van der Waals surface area contributed by atoms with Crippen LogP contribution in [-0.4, -0.2) is 34.0 Å². The van der Waals surface area contributed by atoms with Crippen molar-refractivity contribution in [2.45, 2.75) is 0 Å². The summed E-state index contributed by atoms with van der Waals surface area (Å²) >= 11 is 13.5. The van der Waals surface area contributed by atoms with E-state index < -0.39 is 29.3 Å². The Balaban J connectivity index is 1.63. The van der Waals surface area contributed by atoms with Crippen molar-refractivity contribution in [3.63, 3.8) is 0 Å². The maximum Gasteiger partial charge on any atom is 0.336 e. The Bertz CT molecular complexity index is 1370. The topological polar surface area (TPSA) is 121 Å². The van der Waals surface area contributed by atoms with E-state index in [4.69, 9.17) is 9.84 Å². The first-order chi connectivity index (χ1) is 16.0. The van der Waals surface area contributed by atoms with E-state index in [1.807, 2.05) is 0 Å². The van der Waals surface area contributed by atoms with Gasteiger partial charge in [0.2, 0.25) is 0 Å². The number of imide groups is 1. The molecular formula is C22H9Br4NO7. The van der Waals surface area contributed by atoms with Gasteiger partial charge in [-0.1, -0.05) is 0 Å². The fourth-order valence-electron chi connectivity index (χ4n) is 3.33. The molecule has 0 unspecified atom stereocenters. The Morgan fingerprint density at radius 3 is 1.62 bits per heavy atom. The lowest BCUT2D eigenvalue weighted by molar-refractivity contribution is 0.0651. The molecule has 0 radical (unpaired) electrons. The van der Waals surface area contributed by atoms with Crippen LogP contribution in [0.5, 0.6) is 11.5 Å². The van der Waals surface area contributed by atoms with Gasteiger partial charge >= 0.3 is 11.9 Å². The number of benzene rings is 3. The molecule has 12 heteroatoms. The number of carbonyl (C=O) groups is 4. The van der Waals surface area contributed by atoms with E-state index in [2.05, 4.69) is 63.7 Å². The smallest absolute Gasteiger partial charge is 0.336 e. The molecule has 172 valence electrons. The van der Waals surface area contributed by atoms with Gasteiger partial charge in [-0.25, -0.2) is 14.5 Å². The summed E-state index contributed by atoms with van der Waals surface area (Å²) in [5.74, 6) is -3.40. The second-order valence-electron chi connectivity index (χ2n) is 6.87. The van der Waals surface area contributed by atoms with Crippen molar-refractivity contribution in [1.82, 2.24) is 0 Å². The number of halogens is 4. The third-order valence-electron chi connectivity index (χ3n) is 4.88. The molecule has 3 aromatic carbocycles. The van der Waals surface area contributed by atoms with Crippen molar-refractivity contribution in [3.05, 3.63) is 82.6 Å². The molecule has 0 aromatic heterocycles. The third-order valence-corrected chi connectivity index (χ3v) is 9.65. The van der Waals surface area contributed by atoms with Crippen LogP contribution in [0.3, 0.4) is 0 Å². The lowest BCUT2D eigenvalue weighted by Gasteiger charge is -2.15. The Labute approximate surface area is 225 Å². The maximum atomic E-state index is 13.1. The van der Waals surface area contributed by atoms with Crippen LogP contribution >= 0.6 is 63.7 Å². The van der Waals surface area contributed by atoms with Gasteiger partial charge in [-0.15, -0.1) is 0 Å². The number of hydrogen-bond acceptors (Lipinski definition) is 5. The van der Waals surface area contributed by atoms with Crippen molar-refractivity contribution in [2.24, 2.45) is 0 Å². The molecule has 8 nitrogen and oxygen atoms in total. The molecule has 1 aliphatic rings. The van der Waals surface area contributed by atoms with E-state index in [0.717, 1.165) is 17.0 Å². The average molecular weight is 719 g/mol. The summed E-state index contributed by atoms with van der Waals surface area (Å²) in [6, 6.07) is 9.59. The minimum Gasteiger partial charge on any atom is -0.478 e. The number of ether oxygens (including phenoxy) is 1. The number of carboxylic acids is 2. The van der Waals surface area contributed by atoms with Gasteiger partial charge in [0.15, 0.2) is 0 Å². The minimum absolute atomic E-state index is 0.110. The number of fused-ring (bicyclic) bond motifs is 1. The van der Waals surface area contributed by atoms with Crippen molar-refractivity contribution in [1.29, 1.82) is 0 Å². The molecule has 0 fully saturated rings. The Hall–Kier alpha value is -2.54. The average Bonchev–Trinajstić information content (AvgIpc) is 3.06. The molecule has 0 aliphatic carbocycles. The van der Waals surface area contributed by atoms with Crippen molar-refractivity contribution in [2.75, 3.05) is 4.90 Å². The molecule has 3 aromatic rings. The lowest BCUT2D eigenvalue weighted by Crippen LogP contribution is -2.29. The van der Waals surface area contributed by atoms with Gasteiger partial charge in [-0.05, 0) is 106 Å². The molecule has 0 atom stereocenters. The van der Waals surface area contributed by atoms with Gasteiger partial charge in [-0.2, -0.15) is 0 Å². The third kappa shape index (κ3) is 4.08. The molecule has 0 saturated carbocycles. The quantitative estimate of drug-likeness (QED) is 0.171.